The molecule has 0 aliphatic carbocycles. The lowest BCUT2D eigenvalue weighted by Crippen LogP contribution is -2.35. The molecule has 1 aromatic carbocycles. The molecule has 1 saturated heterocycles. The van der Waals surface area contributed by atoms with Crippen molar-refractivity contribution in [3.63, 3.8) is 0 Å². The number of unbranched alkanes of at least 4 members (excludes halogenated alkanes) is 1. The third-order valence-corrected chi connectivity index (χ3v) is 7.85. The predicted molar refractivity (Wildman–Crippen MR) is 132 cm³/mol. The van der Waals surface area contributed by atoms with Gasteiger partial charge in [0.15, 0.2) is 5.82 Å². The van der Waals surface area contributed by atoms with Gasteiger partial charge in [-0.3, -0.25) is 9.10 Å². The van der Waals surface area contributed by atoms with Gasteiger partial charge in [0.2, 0.25) is 0 Å². The first-order valence-corrected chi connectivity index (χ1v) is 13.3. The molecular weight excluding hydrogens is 474 g/mol. The Morgan fingerprint density at radius 1 is 1.12 bits per heavy atom. The smallest absolute Gasteiger partial charge is 0.264 e. The fourth-order valence-electron chi connectivity index (χ4n) is 4.00. The lowest BCUT2D eigenvalue weighted by Gasteiger charge is -2.26. The predicted octanol–water partition coefficient (Wildman–Crippen LogP) is 4.54. The van der Waals surface area contributed by atoms with E-state index in [1.807, 2.05) is 11.8 Å². The summed E-state index contributed by atoms with van der Waals surface area (Å²) in [5, 5.41) is 4.66. The number of benzene rings is 1. The minimum Gasteiger partial charge on any atom is -0.339 e. The van der Waals surface area contributed by atoms with Crippen LogP contribution in [0.15, 0.2) is 59.9 Å². The fraction of sp³-hybridized carbons (Fsp3) is 0.375. The second-order valence-electron chi connectivity index (χ2n) is 8.27. The van der Waals surface area contributed by atoms with E-state index in [0.717, 1.165) is 38.8 Å². The molecule has 180 valence electrons. The highest BCUT2D eigenvalue weighted by Gasteiger charge is 2.28. The first-order chi connectivity index (χ1) is 16.4. The highest BCUT2D eigenvalue weighted by molar-refractivity contribution is 7.92. The maximum Gasteiger partial charge on any atom is 0.264 e. The summed E-state index contributed by atoms with van der Waals surface area (Å²) in [5.41, 5.74) is 0.750. The number of carbonyl (C=O) groups excluding carboxylic acids is 1. The van der Waals surface area contributed by atoms with E-state index in [1.165, 1.54) is 21.4 Å². The van der Waals surface area contributed by atoms with E-state index < -0.39 is 10.0 Å². The number of hydrogen-bond acceptors (Lipinski definition) is 5. The van der Waals surface area contributed by atoms with E-state index in [1.54, 1.807) is 42.6 Å². The maximum atomic E-state index is 13.6. The van der Waals surface area contributed by atoms with Crippen LogP contribution in [-0.2, 0) is 10.0 Å². The molecule has 0 radical (unpaired) electrons. The summed E-state index contributed by atoms with van der Waals surface area (Å²) in [6.45, 7) is 3.71. The van der Waals surface area contributed by atoms with Gasteiger partial charge in [-0.1, -0.05) is 43.1 Å². The Morgan fingerprint density at radius 3 is 2.56 bits per heavy atom. The van der Waals surface area contributed by atoms with Crippen LogP contribution in [0.2, 0.25) is 5.02 Å². The van der Waals surface area contributed by atoms with Crippen molar-refractivity contribution in [3.8, 4) is 5.82 Å². The minimum atomic E-state index is -3.88. The summed E-state index contributed by atoms with van der Waals surface area (Å²) in [5.74, 6) is 0.207. The summed E-state index contributed by atoms with van der Waals surface area (Å²) in [7, 11) is -3.88. The summed E-state index contributed by atoms with van der Waals surface area (Å²) >= 11 is 6.26. The molecule has 10 heteroatoms. The van der Waals surface area contributed by atoms with Crippen molar-refractivity contribution in [2.45, 2.75) is 43.9 Å². The summed E-state index contributed by atoms with van der Waals surface area (Å²) in [6.07, 6.45) is 9.12. The third kappa shape index (κ3) is 5.10. The van der Waals surface area contributed by atoms with Gasteiger partial charge in [0.25, 0.3) is 15.9 Å². The lowest BCUT2D eigenvalue weighted by atomic mass is 10.1. The van der Waals surface area contributed by atoms with E-state index in [2.05, 4.69) is 10.1 Å². The van der Waals surface area contributed by atoms with Crippen LogP contribution < -0.4 is 4.31 Å². The summed E-state index contributed by atoms with van der Waals surface area (Å²) < 4.78 is 30.0. The number of aromatic nitrogens is 3. The Labute approximate surface area is 205 Å². The number of nitrogens with zero attached hydrogens (tertiary/aromatic N) is 5. The summed E-state index contributed by atoms with van der Waals surface area (Å²) in [6, 6.07) is 9.85. The van der Waals surface area contributed by atoms with Crippen molar-refractivity contribution in [3.05, 3.63) is 65.6 Å². The topological polar surface area (TPSA) is 88.4 Å². The molecule has 0 saturated carbocycles. The molecule has 1 fully saturated rings. The number of sulfonamides is 1. The van der Waals surface area contributed by atoms with Crippen molar-refractivity contribution in [2.24, 2.45) is 0 Å². The Kier molecular flexibility index (Phi) is 7.53. The standard InChI is InChI=1S/C24H28ClN5O3S/c1-2-3-14-30(34(32,33)21-10-6-4-7-11-21)22-15-20(25)17-26-23(22)29-18-19(16-27-29)24(31)28-12-8-5-9-13-28/h4,6-7,10-11,15-18H,2-3,5,8-9,12-14H2,1H3. The number of carbonyl (C=O) groups is 1. The lowest BCUT2D eigenvalue weighted by molar-refractivity contribution is 0.0724. The van der Waals surface area contributed by atoms with E-state index in [-0.39, 0.29) is 23.2 Å². The van der Waals surface area contributed by atoms with Crippen molar-refractivity contribution in [1.82, 2.24) is 19.7 Å². The molecule has 0 unspecified atom stereocenters. The Bertz CT molecular complexity index is 1240. The Morgan fingerprint density at radius 2 is 1.85 bits per heavy atom. The molecule has 0 atom stereocenters. The average Bonchev–Trinajstić information content (AvgIpc) is 3.35. The molecule has 1 aliphatic heterocycles. The average molecular weight is 502 g/mol. The van der Waals surface area contributed by atoms with Crippen LogP contribution in [0.5, 0.6) is 0 Å². The Balaban J connectivity index is 1.75. The number of rotatable bonds is 8. The third-order valence-electron chi connectivity index (χ3n) is 5.82. The van der Waals surface area contributed by atoms with Crippen LogP contribution in [-0.4, -0.2) is 53.6 Å². The van der Waals surface area contributed by atoms with Crippen LogP contribution in [0.25, 0.3) is 5.82 Å². The zero-order valence-corrected chi connectivity index (χ0v) is 20.7. The first kappa shape index (κ1) is 24.2. The van der Waals surface area contributed by atoms with Gasteiger partial charge in [0, 0.05) is 32.0 Å². The van der Waals surface area contributed by atoms with Gasteiger partial charge in [-0.15, -0.1) is 0 Å². The number of halogens is 1. The molecule has 8 nitrogen and oxygen atoms in total. The number of hydrogen-bond donors (Lipinski definition) is 0. The number of likely N-dealkylation sites (tertiary alicyclic amines) is 1. The van der Waals surface area contributed by atoms with Gasteiger partial charge in [0.1, 0.15) is 0 Å². The largest absolute Gasteiger partial charge is 0.339 e. The zero-order chi connectivity index (χ0) is 24.1. The molecule has 3 aromatic rings. The molecule has 1 aliphatic rings. The SMILES string of the molecule is CCCCN(c1cc(Cl)cnc1-n1cc(C(=O)N2CCCCC2)cn1)S(=O)(=O)c1ccccc1. The van der Waals surface area contributed by atoms with Crippen molar-refractivity contribution >= 4 is 33.2 Å². The van der Waals surface area contributed by atoms with Crippen LogP contribution in [0.3, 0.4) is 0 Å². The van der Waals surface area contributed by atoms with Crippen molar-refractivity contribution in [2.75, 3.05) is 23.9 Å². The van der Waals surface area contributed by atoms with Crippen LogP contribution in [0.1, 0.15) is 49.4 Å². The zero-order valence-electron chi connectivity index (χ0n) is 19.1. The number of amides is 1. The van der Waals surface area contributed by atoms with E-state index in [4.69, 9.17) is 11.6 Å². The fourth-order valence-corrected chi connectivity index (χ4v) is 5.67. The molecule has 3 heterocycles. The van der Waals surface area contributed by atoms with Crippen LogP contribution in [0.4, 0.5) is 5.69 Å². The quantitative estimate of drug-likeness (QED) is 0.452. The van der Waals surface area contributed by atoms with Gasteiger partial charge in [-0.2, -0.15) is 5.10 Å². The van der Waals surface area contributed by atoms with E-state index in [9.17, 15) is 13.2 Å². The minimum absolute atomic E-state index is 0.0822. The monoisotopic (exact) mass is 501 g/mol. The van der Waals surface area contributed by atoms with Gasteiger partial charge < -0.3 is 4.90 Å². The molecule has 34 heavy (non-hydrogen) atoms. The number of piperidine rings is 1. The summed E-state index contributed by atoms with van der Waals surface area (Å²) in [4.78, 5) is 19.3. The highest BCUT2D eigenvalue weighted by Crippen LogP contribution is 2.31. The van der Waals surface area contributed by atoms with Crippen LogP contribution >= 0.6 is 11.6 Å². The normalized spacial score (nSPS) is 14.2. The molecular formula is C24H28ClN5O3S. The van der Waals surface area contributed by atoms with Crippen molar-refractivity contribution < 1.29 is 13.2 Å². The van der Waals surface area contributed by atoms with Gasteiger partial charge in [-0.05, 0) is 43.9 Å². The van der Waals surface area contributed by atoms with Crippen molar-refractivity contribution in [1.29, 1.82) is 0 Å². The number of pyridine rings is 1. The first-order valence-electron chi connectivity index (χ1n) is 11.5. The van der Waals surface area contributed by atoms with Gasteiger partial charge >= 0.3 is 0 Å². The highest BCUT2D eigenvalue weighted by atomic mass is 35.5. The number of anilines is 1. The molecule has 4 rings (SSSR count). The van der Waals surface area contributed by atoms with E-state index in [0.29, 0.717) is 22.7 Å². The molecule has 2 aromatic heterocycles. The van der Waals surface area contributed by atoms with Crippen LogP contribution in [0, 0.1) is 0 Å². The molecule has 0 N–H and O–H groups in total. The van der Waals surface area contributed by atoms with E-state index >= 15 is 0 Å². The van der Waals surface area contributed by atoms with Gasteiger partial charge in [-0.25, -0.2) is 18.1 Å². The molecule has 0 bridgehead atoms. The Hall–Kier alpha value is -2.91. The molecule has 1 amide bonds. The maximum absolute atomic E-state index is 13.6. The molecule has 0 spiro atoms. The second-order valence-corrected chi connectivity index (χ2v) is 10.6. The second kappa shape index (κ2) is 10.6. The van der Waals surface area contributed by atoms with Gasteiger partial charge in [0.05, 0.1) is 27.4 Å².